The van der Waals surface area contributed by atoms with E-state index in [1.807, 2.05) is 60.7 Å². The summed E-state index contributed by atoms with van der Waals surface area (Å²) in [6.45, 7) is 2.14. The molecule has 186 valence electrons. The van der Waals surface area contributed by atoms with Crippen LogP contribution < -0.4 is 0 Å². The molecule has 3 aromatic carbocycles. The fraction of sp³-hybridized carbons (Fsp3) is 0.233. The fourth-order valence-corrected chi connectivity index (χ4v) is 6.18. The van der Waals surface area contributed by atoms with Crippen LogP contribution in [0.3, 0.4) is 0 Å². The maximum atomic E-state index is 14.3. The minimum Gasteiger partial charge on any atom is -0.465 e. The number of hydrogen-bond donors (Lipinski definition) is 0. The van der Waals surface area contributed by atoms with Crippen molar-refractivity contribution in [1.82, 2.24) is 3.97 Å². The van der Waals surface area contributed by atoms with Crippen molar-refractivity contribution in [3.63, 3.8) is 0 Å². The molecule has 0 bridgehead atoms. The first-order valence-electron chi connectivity index (χ1n) is 12.3. The third-order valence-electron chi connectivity index (χ3n) is 6.28. The third kappa shape index (κ3) is 5.00. The summed E-state index contributed by atoms with van der Waals surface area (Å²) in [5.41, 5.74) is 3.20. The molecule has 1 heterocycles. The van der Waals surface area contributed by atoms with Crippen LogP contribution in [0.15, 0.2) is 95.9 Å². The van der Waals surface area contributed by atoms with E-state index in [0.717, 1.165) is 31.2 Å². The number of ether oxygens (including phenoxy) is 1. The predicted molar refractivity (Wildman–Crippen MR) is 144 cm³/mol. The van der Waals surface area contributed by atoms with Crippen LogP contribution in [0, 0.1) is 0 Å². The van der Waals surface area contributed by atoms with Crippen molar-refractivity contribution in [1.29, 1.82) is 0 Å². The average molecular weight is 502 g/mol. The Morgan fingerprint density at radius 3 is 1.81 bits per heavy atom. The normalized spacial score (nSPS) is 11.4. The zero-order valence-electron chi connectivity index (χ0n) is 20.7. The molecule has 0 saturated heterocycles. The van der Waals surface area contributed by atoms with Crippen molar-refractivity contribution in [3.8, 4) is 22.5 Å². The number of esters is 1. The molecule has 0 aliphatic rings. The van der Waals surface area contributed by atoms with Gasteiger partial charge in [0.15, 0.2) is 0 Å². The molecule has 36 heavy (non-hydrogen) atoms. The van der Waals surface area contributed by atoms with Gasteiger partial charge < -0.3 is 4.74 Å². The van der Waals surface area contributed by atoms with E-state index >= 15 is 0 Å². The van der Waals surface area contributed by atoms with Gasteiger partial charge in [0.25, 0.3) is 10.0 Å². The summed E-state index contributed by atoms with van der Waals surface area (Å²) < 4.78 is 35.2. The van der Waals surface area contributed by atoms with Gasteiger partial charge in [-0.2, -0.15) is 0 Å². The van der Waals surface area contributed by atoms with E-state index in [0.29, 0.717) is 34.5 Å². The maximum absolute atomic E-state index is 14.3. The Kier molecular flexibility index (Phi) is 8.06. The quantitative estimate of drug-likeness (QED) is 0.174. The molecule has 0 unspecified atom stereocenters. The van der Waals surface area contributed by atoms with Gasteiger partial charge in [0, 0.05) is 5.56 Å². The molecule has 6 heteroatoms. The summed E-state index contributed by atoms with van der Waals surface area (Å²) in [4.78, 5) is 13.5. The van der Waals surface area contributed by atoms with Crippen LogP contribution in [0.25, 0.3) is 22.5 Å². The summed E-state index contributed by atoms with van der Waals surface area (Å²) >= 11 is 0. The number of benzene rings is 3. The molecular formula is C30H31NO4S. The highest BCUT2D eigenvalue weighted by molar-refractivity contribution is 7.90. The zero-order chi connectivity index (χ0) is 25.5. The molecule has 0 amide bonds. The molecule has 1 aromatic heterocycles. The van der Waals surface area contributed by atoms with Gasteiger partial charge in [-0.1, -0.05) is 105 Å². The molecule has 0 N–H and O–H groups in total. The molecule has 0 fully saturated rings. The van der Waals surface area contributed by atoms with Crippen molar-refractivity contribution in [3.05, 3.63) is 102 Å². The lowest BCUT2D eigenvalue weighted by Gasteiger charge is -2.16. The van der Waals surface area contributed by atoms with E-state index in [1.54, 1.807) is 30.3 Å². The standard InChI is InChI=1S/C30H31NO4S/c1-3-4-5-15-22-26-27(30(32)35-2)29(24-18-11-7-12-19-24)31(28(26)23-16-9-6-10-17-23)36(33,34)25-20-13-8-14-21-25/h6-14,16-21H,3-5,15,22H2,1-2H3. The lowest BCUT2D eigenvalue weighted by molar-refractivity contribution is 0.0600. The SMILES string of the molecule is CCCCCCc1c(C(=O)OC)c(-c2ccccc2)n(S(=O)(=O)c2ccccc2)c1-c1ccccc1. The third-order valence-corrected chi connectivity index (χ3v) is 7.99. The first-order chi connectivity index (χ1) is 17.5. The zero-order valence-corrected chi connectivity index (χ0v) is 21.5. The van der Waals surface area contributed by atoms with Crippen molar-refractivity contribution >= 4 is 16.0 Å². The Hall–Kier alpha value is -3.64. The maximum Gasteiger partial charge on any atom is 0.340 e. The summed E-state index contributed by atoms with van der Waals surface area (Å²) in [5, 5.41) is 0. The molecule has 5 nitrogen and oxygen atoms in total. The van der Waals surface area contributed by atoms with E-state index in [1.165, 1.54) is 11.1 Å². The largest absolute Gasteiger partial charge is 0.465 e. The molecule has 0 saturated carbocycles. The second-order valence-electron chi connectivity index (χ2n) is 8.67. The van der Waals surface area contributed by atoms with Crippen LogP contribution in [0.2, 0.25) is 0 Å². The van der Waals surface area contributed by atoms with Gasteiger partial charge in [-0.25, -0.2) is 17.2 Å². The van der Waals surface area contributed by atoms with Crippen LogP contribution in [0.5, 0.6) is 0 Å². The second kappa shape index (κ2) is 11.4. The molecule has 0 aliphatic heterocycles. The predicted octanol–water partition coefficient (Wildman–Crippen LogP) is 6.97. The number of aromatic nitrogens is 1. The lowest BCUT2D eigenvalue weighted by Crippen LogP contribution is -2.16. The molecule has 0 spiro atoms. The van der Waals surface area contributed by atoms with Crippen molar-refractivity contribution in [2.45, 2.75) is 43.9 Å². The van der Waals surface area contributed by atoms with Gasteiger partial charge in [0.05, 0.1) is 29.0 Å². The minimum atomic E-state index is -4.07. The van der Waals surface area contributed by atoms with E-state index in [4.69, 9.17) is 4.74 Å². The Balaban J connectivity index is 2.14. The van der Waals surface area contributed by atoms with Gasteiger partial charge in [0.1, 0.15) is 0 Å². The van der Waals surface area contributed by atoms with E-state index in [-0.39, 0.29) is 4.90 Å². The number of methoxy groups -OCH3 is 1. The summed E-state index contributed by atoms with van der Waals surface area (Å²) in [7, 11) is -2.73. The average Bonchev–Trinajstić information content (AvgIpc) is 3.28. The van der Waals surface area contributed by atoms with E-state index in [9.17, 15) is 13.2 Å². The second-order valence-corrected chi connectivity index (χ2v) is 10.5. The topological polar surface area (TPSA) is 65.4 Å². The monoisotopic (exact) mass is 501 g/mol. The smallest absolute Gasteiger partial charge is 0.340 e. The van der Waals surface area contributed by atoms with E-state index < -0.39 is 16.0 Å². The van der Waals surface area contributed by atoms with Crippen LogP contribution in [-0.4, -0.2) is 25.5 Å². The number of hydrogen-bond acceptors (Lipinski definition) is 4. The molecule has 0 radical (unpaired) electrons. The Labute approximate surface area is 213 Å². The molecular weight excluding hydrogens is 470 g/mol. The molecule has 4 aromatic rings. The molecule has 4 rings (SSSR count). The number of nitrogens with zero attached hydrogens (tertiary/aromatic N) is 1. The number of carbonyl (C=O) groups is 1. The van der Waals surface area contributed by atoms with Crippen LogP contribution >= 0.6 is 0 Å². The lowest BCUT2D eigenvalue weighted by atomic mass is 9.97. The summed E-state index contributed by atoms with van der Waals surface area (Å²) in [6.07, 6.45) is 4.53. The summed E-state index contributed by atoms with van der Waals surface area (Å²) in [5.74, 6) is -0.543. The van der Waals surface area contributed by atoms with Crippen molar-refractivity contribution in [2.24, 2.45) is 0 Å². The van der Waals surface area contributed by atoms with Crippen molar-refractivity contribution in [2.75, 3.05) is 7.11 Å². The van der Waals surface area contributed by atoms with Gasteiger partial charge in [-0.05, 0) is 36.1 Å². The fourth-order valence-electron chi connectivity index (χ4n) is 4.57. The van der Waals surface area contributed by atoms with Crippen LogP contribution in [-0.2, 0) is 21.2 Å². The number of rotatable bonds is 10. The highest BCUT2D eigenvalue weighted by atomic mass is 32.2. The first-order valence-corrected chi connectivity index (χ1v) is 13.7. The highest BCUT2D eigenvalue weighted by Gasteiger charge is 2.34. The van der Waals surface area contributed by atoms with Crippen LogP contribution in [0.4, 0.5) is 0 Å². The summed E-state index contributed by atoms with van der Waals surface area (Å²) in [6, 6.07) is 27.0. The van der Waals surface area contributed by atoms with E-state index in [2.05, 4.69) is 6.92 Å². The molecule has 0 aliphatic carbocycles. The van der Waals surface area contributed by atoms with Crippen molar-refractivity contribution < 1.29 is 17.9 Å². The Bertz CT molecular complexity index is 1410. The Morgan fingerprint density at radius 2 is 1.28 bits per heavy atom. The van der Waals surface area contributed by atoms with Gasteiger partial charge >= 0.3 is 5.97 Å². The highest BCUT2D eigenvalue weighted by Crippen LogP contribution is 2.41. The number of unbranched alkanes of at least 4 members (excludes halogenated alkanes) is 3. The Morgan fingerprint density at radius 1 is 0.750 bits per heavy atom. The van der Waals surface area contributed by atoms with Crippen LogP contribution in [0.1, 0.15) is 48.5 Å². The van der Waals surface area contributed by atoms with Gasteiger partial charge in [-0.15, -0.1) is 0 Å². The number of carbonyl (C=O) groups excluding carboxylic acids is 1. The first kappa shape index (κ1) is 25.5. The minimum absolute atomic E-state index is 0.156. The van der Waals surface area contributed by atoms with Gasteiger partial charge in [-0.3, -0.25) is 0 Å². The van der Waals surface area contributed by atoms with Gasteiger partial charge in [0.2, 0.25) is 0 Å². The molecule has 0 atom stereocenters.